The molecule has 1 saturated heterocycles. The van der Waals surface area contributed by atoms with Crippen molar-refractivity contribution in [2.75, 3.05) is 48.2 Å². The molecule has 0 spiro atoms. The van der Waals surface area contributed by atoms with E-state index in [4.69, 9.17) is 16.3 Å². The van der Waals surface area contributed by atoms with Crippen LogP contribution in [0.25, 0.3) is 10.2 Å². The highest BCUT2D eigenvalue weighted by molar-refractivity contribution is 7.93. The number of aromatic nitrogens is 2. The number of rotatable bonds is 8. The summed E-state index contributed by atoms with van der Waals surface area (Å²) in [6.45, 7) is 2.55. The molecule has 0 saturated carbocycles. The largest absolute Gasteiger partial charge is 0.497 e. The zero-order valence-electron chi connectivity index (χ0n) is 23.0. The molecule has 220 valence electrons. The zero-order chi connectivity index (χ0) is 30.0. The number of fused-ring (bicyclic) bond motifs is 1. The van der Waals surface area contributed by atoms with Crippen molar-refractivity contribution in [3.63, 3.8) is 0 Å². The summed E-state index contributed by atoms with van der Waals surface area (Å²) in [5.74, 6) is 1.08. The third-order valence-corrected chi connectivity index (χ3v) is 9.79. The van der Waals surface area contributed by atoms with E-state index in [0.29, 0.717) is 53.8 Å². The van der Waals surface area contributed by atoms with Crippen LogP contribution in [0.3, 0.4) is 0 Å². The fraction of sp³-hybridized carbons (Fsp3) is 0.167. The minimum absolute atomic E-state index is 0.0652. The van der Waals surface area contributed by atoms with Crippen molar-refractivity contribution in [2.24, 2.45) is 0 Å². The second kappa shape index (κ2) is 12.1. The van der Waals surface area contributed by atoms with Gasteiger partial charge in [-0.05, 0) is 72.8 Å². The smallest absolute Gasteiger partial charge is 0.263 e. The van der Waals surface area contributed by atoms with Gasteiger partial charge in [-0.25, -0.2) is 18.4 Å². The van der Waals surface area contributed by atoms with Crippen molar-refractivity contribution < 1.29 is 17.9 Å². The normalized spacial score (nSPS) is 13.6. The lowest BCUT2D eigenvalue weighted by molar-refractivity contribution is 0.0747. The van der Waals surface area contributed by atoms with Crippen LogP contribution in [0.15, 0.2) is 90.0 Å². The van der Waals surface area contributed by atoms with Gasteiger partial charge in [0, 0.05) is 43.8 Å². The number of hydrogen-bond acceptors (Lipinski definition) is 9. The van der Waals surface area contributed by atoms with Crippen LogP contribution in [0.5, 0.6) is 5.75 Å². The first-order valence-electron chi connectivity index (χ1n) is 13.4. The molecule has 3 aromatic carbocycles. The number of piperazine rings is 1. The van der Waals surface area contributed by atoms with Crippen LogP contribution < -0.4 is 19.7 Å². The molecule has 2 aromatic heterocycles. The van der Waals surface area contributed by atoms with E-state index in [1.807, 2.05) is 35.2 Å². The van der Waals surface area contributed by atoms with Crippen LogP contribution in [-0.4, -0.2) is 62.5 Å². The van der Waals surface area contributed by atoms with Crippen molar-refractivity contribution in [1.82, 2.24) is 14.9 Å². The van der Waals surface area contributed by atoms with Crippen LogP contribution in [-0.2, 0) is 10.0 Å². The predicted octanol–water partition coefficient (Wildman–Crippen LogP) is 5.86. The number of pyridine rings is 1. The number of nitrogens with zero attached hydrogens (tertiary/aromatic N) is 4. The molecule has 1 aliphatic heterocycles. The van der Waals surface area contributed by atoms with Crippen molar-refractivity contribution in [2.45, 2.75) is 4.90 Å². The van der Waals surface area contributed by atoms with E-state index < -0.39 is 10.0 Å². The van der Waals surface area contributed by atoms with Gasteiger partial charge >= 0.3 is 0 Å². The molecule has 2 N–H and O–H groups in total. The first-order valence-corrected chi connectivity index (χ1v) is 16.1. The lowest BCUT2D eigenvalue weighted by Gasteiger charge is -2.36. The minimum Gasteiger partial charge on any atom is -0.497 e. The van der Waals surface area contributed by atoms with Gasteiger partial charge in [0.1, 0.15) is 17.1 Å². The number of ether oxygens (including phenoxy) is 1. The molecule has 6 rings (SSSR count). The Morgan fingerprint density at radius 1 is 0.953 bits per heavy atom. The standard InChI is InChI=1S/C30H27ClN6O4S2/c1-41-22-11-9-21(10-12-22)36-16-18-37(19-17-36)29(38)24-4-3-15-32-28(24)33-20-7-13-23(14-8-20)43(39,40)35-30-34-27-25(31)5-2-6-26(27)42-30/h2-15H,16-19H2,1H3,(H,32,33)(H,34,35). The number of carbonyl (C=O) groups is 1. The van der Waals surface area contributed by atoms with Gasteiger partial charge in [0.15, 0.2) is 5.13 Å². The summed E-state index contributed by atoms with van der Waals surface area (Å²) >= 11 is 7.38. The maximum atomic E-state index is 13.5. The Morgan fingerprint density at radius 2 is 1.70 bits per heavy atom. The summed E-state index contributed by atoms with van der Waals surface area (Å²) in [7, 11) is -2.25. The lowest BCUT2D eigenvalue weighted by Crippen LogP contribution is -2.48. The third-order valence-electron chi connectivity index (χ3n) is 7.06. The highest BCUT2D eigenvalue weighted by Gasteiger charge is 2.25. The number of methoxy groups -OCH3 is 1. The van der Waals surface area contributed by atoms with Crippen molar-refractivity contribution in [3.8, 4) is 5.75 Å². The molecule has 0 aliphatic carbocycles. The molecule has 5 aromatic rings. The summed E-state index contributed by atoms with van der Waals surface area (Å²) in [6.07, 6.45) is 1.60. The van der Waals surface area contributed by atoms with E-state index >= 15 is 0 Å². The molecule has 3 heterocycles. The highest BCUT2D eigenvalue weighted by atomic mass is 35.5. The zero-order valence-corrected chi connectivity index (χ0v) is 25.4. The van der Waals surface area contributed by atoms with E-state index in [1.165, 1.54) is 23.5 Å². The number of nitrogens with one attached hydrogen (secondary N) is 2. The maximum absolute atomic E-state index is 13.5. The molecule has 0 unspecified atom stereocenters. The number of amides is 1. The molecule has 10 nitrogen and oxygen atoms in total. The molecule has 43 heavy (non-hydrogen) atoms. The molecule has 1 aliphatic rings. The Labute approximate surface area is 258 Å². The van der Waals surface area contributed by atoms with Crippen LogP contribution in [0.4, 0.5) is 22.3 Å². The number of carbonyl (C=O) groups excluding carboxylic acids is 1. The van der Waals surface area contributed by atoms with Crippen molar-refractivity contribution in [1.29, 1.82) is 0 Å². The number of anilines is 4. The molecule has 0 radical (unpaired) electrons. The Kier molecular flexibility index (Phi) is 8.06. The van der Waals surface area contributed by atoms with Gasteiger partial charge in [-0.15, -0.1) is 0 Å². The van der Waals surface area contributed by atoms with Gasteiger partial charge in [-0.3, -0.25) is 9.52 Å². The summed E-state index contributed by atoms with van der Waals surface area (Å²) in [6, 6.07) is 22.9. The average molecular weight is 635 g/mol. The summed E-state index contributed by atoms with van der Waals surface area (Å²) in [5, 5.41) is 3.85. The SMILES string of the molecule is COc1ccc(N2CCN(C(=O)c3cccnc3Nc3ccc(S(=O)(=O)Nc4nc5c(Cl)cccc5s4)cc3)CC2)cc1. The monoisotopic (exact) mass is 634 g/mol. The molecule has 0 bridgehead atoms. The third kappa shape index (κ3) is 6.21. The van der Waals surface area contributed by atoms with Crippen molar-refractivity contribution >= 4 is 71.4 Å². The molecule has 0 atom stereocenters. The molecular formula is C30H27ClN6O4S2. The molecular weight excluding hydrogens is 608 g/mol. The van der Waals surface area contributed by atoms with Crippen LogP contribution in [0, 0.1) is 0 Å². The number of hydrogen-bond donors (Lipinski definition) is 2. The first kappa shape index (κ1) is 28.7. The summed E-state index contributed by atoms with van der Waals surface area (Å²) in [5.41, 5.74) is 2.66. The predicted molar refractivity (Wildman–Crippen MR) is 171 cm³/mol. The topological polar surface area (TPSA) is 117 Å². The second-order valence-corrected chi connectivity index (χ2v) is 12.9. The Bertz CT molecular complexity index is 1870. The molecule has 13 heteroatoms. The number of sulfonamides is 1. The number of para-hydroxylation sites is 1. The van der Waals surface area contributed by atoms with Gasteiger partial charge < -0.3 is 19.9 Å². The van der Waals surface area contributed by atoms with Gasteiger partial charge in [0.25, 0.3) is 15.9 Å². The fourth-order valence-corrected chi connectivity index (χ4v) is 7.20. The number of thiazole rings is 1. The molecule has 1 fully saturated rings. The Hall–Kier alpha value is -4.39. The van der Waals surface area contributed by atoms with Crippen LogP contribution >= 0.6 is 22.9 Å². The van der Waals surface area contributed by atoms with E-state index in [0.717, 1.165) is 16.1 Å². The van der Waals surface area contributed by atoms with Crippen molar-refractivity contribution in [3.05, 3.63) is 95.6 Å². The maximum Gasteiger partial charge on any atom is 0.263 e. The quantitative estimate of drug-likeness (QED) is 0.218. The van der Waals surface area contributed by atoms with Gasteiger partial charge in [-0.1, -0.05) is 29.0 Å². The minimum atomic E-state index is -3.89. The second-order valence-electron chi connectivity index (χ2n) is 9.74. The average Bonchev–Trinajstić information content (AvgIpc) is 3.44. The van der Waals surface area contributed by atoms with Crippen LogP contribution in [0.2, 0.25) is 5.02 Å². The number of benzene rings is 3. The highest BCUT2D eigenvalue weighted by Crippen LogP contribution is 2.32. The first-order chi connectivity index (χ1) is 20.8. The van der Waals surface area contributed by atoms with E-state index in [2.05, 4.69) is 24.9 Å². The van der Waals surface area contributed by atoms with E-state index in [9.17, 15) is 13.2 Å². The number of halogens is 1. The van der Waals surface area contributed by atoms with Gasteiger partial charge in [-0.2, -0.15) is 0 Å². The van der Waals surface area contributed by atoms with Gasteiger partial charge in [0.2, 0.25) is 0 Å². The van der Waals surface area contributed by atoms with E-state index in [-0.39, 0.29) is 15.9 Å². The Morgan fingerprint density at radius 3 is 2.40 bits per heavy atom. The summed E-state index contributed by atoms with van der Waals surface area (Å²) in [4.78, 5) is 26.3. The van der Waals surface area contributed by atoms with Gasteiger partial charge in [0.05, 0.1) is 27.3 Å². The lowest BCUT2D eigenvalue weighted by atomic mass is 10.2. The van der Waals surface area contributed by atoms with E-state index in [1.54, 1.807) is 49.7 Å². The fourth-order valence-electron chi connectivity index (χ4n) is 4.80. The molecule has 1 amide bonds. The summed E-state index contributed by atoms with van der Waals surface area (Å²) < 4.78 is 34.6. The van der Waals surface area contributed by atoms with Crippen LogP contribution in [0.1, 0.15) is 10.4 Å². The Balaban J connectivity index is 1.11.